The Balaban J connectivity index is 1.99. The average molecular weight is 336 g/mol. The number of ether oxygens (including phenoxy) is 1. The van der Waals surface area contributed by atoms with Crippen LogP contribution in [0, 0.1) is 6.92 Å². The summed E-state index contributed by atoms with van der Waals surface area (Å²) in [5, 5.41) is 10.9. The van der Waals surface area contributed by atoms with E-state index in [0.717, 1.165) is 21.1 Å². The van der Waals surface area contributed by atoms with Crippen molar-refractivity contribution in [2.75, 3.05) is 0 Å². The van der Waals surface area contributed by atoms with Crippen molar-refractivity contribution in [1.29, 1.82) is 0 Å². The molecule has 24 heavy (non-hydrogen) atoms. The molecule has 3 aromatic rings. The molecule has 0 saturated carbocycles. The molecule has 8 nitrogen and oxygen atoms in total. The minimum absolute atomic E-state index is 0.0239. The van der Waals surface area contributed by atoms with Crippen molar-refractivity contribution in [3.63, 3.8) is 0 Å². The largest absolute Gasteiger partial charge is 0.487 e. The number of tetrazole rings is 1. The van der Waals surface area contributed by atoms with Gasteiger partial charge in [-0.1, -0.05) is 18.2 Å². The van der Waals surface area contributed by atoms with Crippen molar-refractivity contribution < 1.29 is 13.5 Å². The highest BCUT2D eigenvalue weighted by Gasteiger charge is 2.21. The number of para-hydroxylation sites is 1. The summed E-state index contributed by atoms with van der Waals surface area (Å²) in [4.78, 5) is 12.0. The van der Waals surface area contributed by atoms with Crippen molar-refractivity contribution >= 4 is 0 Å². The third kappa shape index (κ3) is 2.77. The van der Waals surface area contributed by atoms with Gasteiger partial charge in [-0.15, -0.1) is 0 Å². The normalized spacial score (nSPS) is 11.2. The van der Waals surface area contributed by atoms with Crippen molar-refractivity contribution in [3.05, 3.63) is 52.2 Å². The molecule has 0 saturated heterocycles. The van der Waals surface area contributed by atoms with Crippen molar-refractivity contribution in [2.24, 2.45) is 7.05 Å². The van der Waals surface area contributed by atoms with E-state index < -0.39 is 12.2 Å². The molecule has 0 N–H and O–H groups in total. The summed E-state index contributed by atoms with van der Waals surface area (Å²) < 4.78 is 34.4. The second-order valence-electron chi connectivity index (χ2n) is 5.05. The number of rotatable bonds is 5. The van der Waals surface area contributed by atoms with Crippen LogP contribution >= 0.6 is 0 Å². The molecular weight excluding hydrogens is 322 g/mol. The van der Waals surface area contributed by atoms with Crippen LogP contribution in [0.2, 0.25) is 0 Å². The van der Waals surface area contributed by atoms with E-state index in [1.807, 2.05) is 19.1 Å². The maximum absolute atomic E-state index is 13.2. The molecule has 0 unspecified atom stereocenters. The lowest BCUT2D eigenvalue weighted by Gasteiger charge is -2.11. The molecule has 0 aliphatic heterocycles. The van der Waals surface area contributed by atoms with Gasteiger partial charge in [-0.2, -0.15) is 23.2 Å². The van der Waals surface area contributed by atoms with Gasteiger partial charge in [0.1, 0.15) is 23.7 Å². The highest BCUT2D eigenvalue weighted by molar-refractivity contribution is 5.35. The minimum atomic E-state index is -2.87. The Morgan fingerprint density at radius 3 is 2.62 bits per heavy atom. The van der Waals surface area contributed by atoms with Crippen LogP contribution in [0.5, 0.6) is 5.75 Å². The van der Waals surface area contributed by atoms with Crippen LogP contribution in [0.15, 0.2) is 35.3 Å². The number of aromatic nitrogens is 6. The molecule has 126 valence electrons. The predicted octanol–water partition coefficient (Wildman–Crippen LogP) is 1.45. The van der Waals surface area contributed by atoms with E-state index in [1.165, 1.54) is 7.05 Å². The fourth-order valence-electron chi connectivity index (χ4n) is 2.19. The Labute approximate surface area is 134 Å². The number of aryl methyl sites for hydroxylation is 2. The van der Waals surface area contributed by atoms with Gasteiger partial charge in [0.25, 0.3) is 0 Å². The molecule has 0 aliphatic carbocycles. The molecule has 0 atom stereocenters. The quantitative estimate of drug-likeness (QED) is 0.704. The van der Waals surface area contributed by atoms with Crippen molar-refractivity contribution in [3.8, 4) is 11.4 Å². The Bertz CT molecular complexity index is 914. The van der Waals surface area contributed by atoms with Crippen LogP contribution in [0.3, 0.4) is 0 Å². The first kappa shape index (κ1) is 15.8. The zero-order valence-electron chi connectivity index (χ0n) is 12.9. The van der Waals surface area contributed by atoms with Gasteiger partial charge in [0.15, 0.2) is 0 Å². The molecule has 10 heteroatoms. The summed E-state index contributed by atoms with van der Waals surface area (Å²) in [7, 11) is 1.41. The molecule has 1 aromatic carbocycles. The van der Waals surface area contributed by atoms with Crippen molar-refractivity contribution in [1.82, 2.24) is 29.6 Å². The van der Waals surface area contributed by atoms with Gasteiger partial charge in [-0.25, -0.2) is 9.48 Å². The topological polar surface area (TPSA) is 79.8 Å². The molecule has 0 amide bonds. The fourth-order valence-corrected chi connectivity index (χ4v) is 2.19. The van der Waals surface area contributed by atoms with Gasteiger partial charge in [0.05, 0.1) is 6.20 Å². The van der Waals surface area contributed by atoms with Crippen LogP contribution in [-0.4, -0.2) is 29.6 Å². The van der Waals surface area contributed by atoms with Gasteiger partial charge < -0.3 is 4.74 Å². The Morgan fingerprint density at radius 2 is 2.00 bits per heavy atom. The van der Waals surface area contributed by atoms with E-state index >= 15 is 0 Å². The molecule has 0 bridgehead atoms. The molecule has 0 aliphatic rings. The maximum atomic E-state index is 13.2. The van der Waals surface area contributed by atoms with Gasteiger partial charge in [0, 0.05) is 7.05 Å². The molecule has 3 rings (SSSR count). The summed E-state index contributed by atoms with van der Waals surface area (Å²) in [6.45, 7) is -1.23. The molecule has 2 heterocycles. The SMILES string of the molecule is Cc1ccccc1OCc1c(-n2nnn(C)c2=O)cnn1C(F)F. The molecule has 0 spiro atoms. The summed E-state index contributed by atoms with van der Waals surface area (Å²) in [6, 6.07) is 7.19. The van der Waals surface area contributed by atoms with E-state index in [-0.39, 0.29) is 18.0 Å². The van der Waals surface area contributed by atoms with E-state index in [2.05, 4.69) is 15.5 Å². The van der Waals surface area contributed by atoms with E-state index in [0.29, 0.717) is 10.4 Å². The monoisotopic (exact) mass is 336 g/mol. The second kappa shape index (κ2) is 6.22. The van der Waals surface area contributed by atoms with Gasteiger partial charge in [0.2, 0.25) is 0 Å². The Kier molecular flexibility index (Phi) is 4.11. The third-order valence-corrected chi connectivity index (χ3v) is 3.47. The minimum Gasteiger partial charge on any atom is -0.487 e. The summed E-state index contributed by atoms with van der Waals surface area (Å²) in [6.07, 6.45) is 1.14. The van der Waals surface area contributed by atoms with E-state index in [9.17, 15) is 13.6 Å². The van der Waals surface area contributed by atoms with E-state index in [4.69, 9.17) is 4.74 Å². The smallest absolute Gasteiger partial charge is 0.368 e. The number of halogens is 2. The molecular formula is C14H14F2N6O2. The standard InChI is InChI=1S/C14H14F2N6O2/c1-9-5-3-4-6-12(9)24-8-11-10(7-17-21(11)13(15)16)22-14(23)20(2)18-19-22/h3-7,13H,8H2,1-2H3. The van der Waals surface area contributed by atoms with Crippen molar-refractivity contribution in [2.45, 2.75) is 20.1 Å². The zero-order valence-corrected chi connectivity index (χ0v) is 12.9. The number of hydrogen-bond donors (Lipinski definition) is 0. The highest BCUT2D eigenvalue weighted by atomic mass is 19.3. The van der Waals surface area contributed by atoms with Crippen LogP contribution in [0.1, 0.15) is 17.8 Å². The third-order valence-electron chi connectivity index (χ3n) is 3.47. The number of hydrogen-bond acceptors (Lipinski definition) is 5. The second-order valence-corrected chi connectivity index (χ2v) is 5.05. The first-order valence-corrected chi connectivity index (χ1v) is 7.01. The highest BCUT2D eigenvalue weighted by Crippen LogP contribution is 2.22. The molecule has 0 fully saturated rings. The van der Waals surface area contributed by atoms with Crippen LogP contribution in [0.25, 0.3) is 5.69 Å². The Morgan fingerprint density at radius 1 is 1.25 bits per heavy atom. The predicted molar refractivity (Wildman–Crippen MR) is 79.1 cm³/mol. The average Bonchev–Trinajstić information content (AvgIpc) is 3.11. The lowest BCUT2D eigenvalue weighted by Crippen LogP contribution is -2.23. The lowest BCUT2D eigenvalue weighted by molar-refractivity contribution is 0.0499. The molecule has 0 radical (unpaired) electrons. The van der Waals surface area contributed by atoms with Gasteiger partial charge in [-0.3, -0.25) is 0 Å². The van der Waals surface area contributed by atoms with Crippen LogP contribution in [0.4, 0.5) is 8.78 Å². The summed E-state index contributed by atoms with van der Waals surface area (Å²) in [5.41, 5.74) is 0.414. The number of nitrogens with zero attached hydrogens (tertiary/aromatic N) is 6. The molecule has 2 aromatic heterocycles. The van der Waals surface area contributed by atoms with Crippen LogP contribution < -0.4 is 10.4 Å². The van der Waals surface area contributed by atoms with Gasteiger partial charge >= 0.3 is 12.2 Å². The number of alkyl halides is 2. The Hall–Kier alpha value is -3.04. The zero-order chi connectivity index (χ0) is 17.3. The van der Waals surface area contributed by atoms with Gasteiger partial charge in [-0.05, 0) is 29.0 Å². The lowest BCUT2D eigenvalue weighted by atomic mass is 10.2. The van der Waals surface area contributed by atoms with E-state index in [1.54, 1.807) is 12.1 Å². The summed E-state index contributed by atoms with van der Waals surface area (Å²) in [5.74, 6) is 0.553. The number of benzene rings is 1. The first-order valence-electron chi connectivity index (χ1n) is 7.01. The summed E-state index contributed by atoms with van der Waals surface area (Å²) >= 11 is 0. The fraction of sp³-hybridized carbons (Fsp3) is 0.286. The maximum Gasteiger partial charge on any atom is 0.368 e. The first-order chi connectivity index (χ1) is 11.5. The van der Waals surface area contributed by atoms with Crippen LogP contribution in [-0.2, 0) is 13.7 Å².